The largest absolute Gasteiger partial charge is 0.285 e. The molecule has 1 heterocycles. The standard InChI is InChI=1S/C8H4N2OS/c1-6(4-9)8(11)7-2-3-12-5-10-7/h3,5H,1H2. The van der Waals surface area contributed by atoms with Crippen molar-refractivity contribution >= 4 is 23.1 Å². The van der Waals surface area contributed by atoms with Gasteiger partial charge in [0.05, 0.1) is 11.1 Å². The van der Waals surface area contributed by atoms with Gasteiger partial charge in [-0.3, -0.25) is 4.79 Å². The number of hydrogen-bond donors (Lipinski definition) is 0. The lowest BCUT2D eigenvalue weighted by Crippen LogP contribution is -2.02. The summed E-state index contributed by atoms with van der Waals surface area (Å²) in [4.78, 5) is 14.9. The second-order valence-electron chi connectivity index (χ2n) is 1.90. The molecule has 0 aromatic carbocycles. The van der Waals surface area contributed by atoms with Crippen LogP contribution >= 0.6 is 11.8 Å². The van der Waals surface area contributed by atoms with Gasteiger partial charge in [0.25, 0.3) is 0 Å². The topological polar surface area (TPSA) is 53.2 Å². The molecule has 0 saturated carbocycles. The first-order chi connectivity index (χ1) is 5.75. The lowest BCUT2D eigenvalue weighted by atomic mass is 10.2. The molecule has 1 aliphatic heterocycles. The fourth-order valence-electron chi connectivity index (χ4n) is 0.559. The summed E-state index contributed by atoms with van der Waals surface area (Å²) in [5.74, 6) is -0.467. The van der Waals surface area contributed by atoms with Gasteiger partial charge in [0.2, 0.25) is 5.78 Å². The van der Waals surface area contributed by atoms with E-state index < -0.39 is 5.78 Å². The molecule has 4 heteroatoms. The first kappa shape index (κ1) is 8.54. The Labute approximate surface area is 73.8 Å². The molecule has 1 aliphatic rings. The summed E-state index contributed by atoms with van der Waals surface area (Å²) in [6.45, 7) is 3.28. The maximum atomic E-state index is 11.2. The number of thioether (sulfide) groups is 1. The predicted molar refractivity (Wildman–Crippen MR) is 47.4 cm³/mol. The van der Waals surface area contributed by atoms with Crippen molar-refractivity contribution in [2.45, 2.75) is 0 Å². The minimum absolute atomic E-state index is 0.116. The molecule has 0 unspecified atom stereocenters. The molecule has 0 bridgehead atoms. The molecule has 0 spiro atoms. The quantitative estimate of drug-likeness (QED) is 0.363. The molecule has 0 fully saturated rings. The van der Waals surface area contributed by atoms with Crippen LogP contribution in [0.4, 0.5) is 0 Å². The number of ketones is 1. The molecule has 0 saturated heterocycles. The Hall–Kier alpha value is -1.56. The van der Waals surface area contributed by atoms with Crippen LogP contribution in [0.15, 0.2) is 34.0 Å². The summed E-state index contributed by atoms with van der Waals surface area (Å²) in [5.41, 5.74) is 4.16. The van der Waals surface area contributed by atoms with Crippen molar-refractivity contribution in [1.29, 1.82) is 5.26 Å². The van der Waals surface area contributed by atoms with Crippen LogP contribution in [0.25, 0.3) is 0 Å². The zero-order chi connectivity index (χ0) is 8.97. The van der Waals surface area contributed by atoms with E-state index in [1.165, 1.54) is 17.3 Å². The van der Waals surface area contributed by atoms with E-state index in [2.05, 4.69) is 17.3 Å². The molecule has 1 rings (SSSR count). The highest BCUT2D eigenvalue weighted by Crippen LogP contribution is 2.10. The summed E-state index contributed by atoms with van der Waals surface area (Å²) >= 11 is 1.32. The van der Waals surface area contributed by atoms with Crippen LogP contribution in [0.2, 0.25) is 0 Å². The summed E-state index contributed by atoms with van der Waals surface area (Å²) < 4.78 is 0. The number of nitrogens with zero attached hydrogens (tertiary/aromatic N) is 2. The first-order valence-electron chi connectivity index (χ1n) is 3.02. The number of rotatable bonds is 2. The molecular formula is C8H4N2OS. The third-order valence-electron chi connectivity index (χ3n) is 1.13. The van der Waals surface area contributed by atoms with Crippen LogP contribution in [0.5, 0.6) is 0 Å². The molecule has 0 atom stereocenters. The minimum atomic E-state index is -0.467. The lowest BCUT2D eigenvalue weighted by molar-refractivity contribution is -0.111. The van der Waals surface area contributed by atoms with E-state index in [1.54, 1.807) is 11.5 Å². The smallest absolute Gasteiger partial charge is 0.229 e. The number of aliphatic imine (C=N–C) groups is 1. The number of Topliss-reactive ketones (excluding diaryl/α,β-unsaturated/α-hetero) is 1. The van der Waals surface area contributed by atoms with E-state index in [0.717, 1.165) is 0 Å². The molecule has 12 heavy (non-hydrogen) atoms. The zero-order valence-electron chi connectivity index (χ0n) is 6.07. The van der Waals surface area contributed by atoms with Gasteiger partial charge in [0.1, 0.15) is 6.07 Å². The highest BCUT2D eigenvalue weighted by atomic mass is 32.2. The summed E-state index contributed by atoms with van der Waals surface area (Å²) in [6, 6.07) is 1.66. The van der Waals surface area contributed by atoms with E-state index in [1.807, 2.05) is 0 Å². The Morgan fingerprint density at radius 1 is 1.83 bits per heavy atom. The second-order valence-corrected chi connectivity index (χ2v) is 2.62. The van der Waals surface area contributed by atoms with Crippen molar-refractivity contribution in [3.05, 3.63) is 29.0 Å². The molecule has 0 aromatic heterocycles. The van der Waals surface area contributed by atoms with E-state index >= 15 is 0 Å². The molecule has 58 valence electrons. The van der Waals surface area contributed by atoms with Gasteiger partial charge in [0.15, 0.2) is 5.70 Å². The second kappa shape index (κ2) is 3.72. The molecule has 0 aromatic rings. The summed E-state index contributed by atoms with van der Waals surface area (Å²) in [5, 5.41) is 9.96. The molecule has 0 amide bonds. The maximum Gasteiger partial charge on any atom is 0.229 e. The predicted octanol–water partition coefficient (Wildman–Crippen LogP) is 1.41. The highest BCUT2D eigenvalue weighted by molar-refractivity contribution is 8.14. The minimum Gasteiger partial charge on any atom is -0.285 e. The van der Waals surface area contributed by atoms with Gasteiger partial charge < -0.3 is 0 Å². The molecule has 0 N–H and O–H groups in total. The Bertz CT molecular complexity index is 367. The van der Waals surface area contributed by atoms with Crippen LogP contribution in [0, 0.1) is 11.3 Å². The van der Waals surface area contributed by atoms with Gasteiger partial charge in [-0.2, -0.15) is 5.26 Å². The van der Waals surface area contributed by atoms with Gasteiger partial charge in [-0.1, -0.05) is 24.1 Å². The molecule has 3 nitrogen and oxygen atoms in total. The first-order valence-corrected chi connectivity index (χ1v) is 3.97. The fraction of sp³-hybridized carbons (Fsp3) is 0. The van der Waals surface area contributed by atoms with E-state index in [-0.39, 0.29) is 11.3 Å². The van der Waals surface area contributed by atoms with Gasteiger partial charge in [-0.25, -0.2) is 4.99 Å². The van der Waals surface area contributed by atoms with Crippen LogP contribution in [0.1, 0.15) is 0 Å². The Morgan fingerprint density at radius 3 is 3.08 bits per heavy atom. The van der Waals surface area contributed by atoms with Crippen LogP contribution < -0.4 is 0 Å². The normalized spacial score (nSPS) is 13.4. The average molecular weight is 176 g/mol. The van der Waals surface area contributed by atoms with Crippen LogP contribution in [-0.4, -0.2) is 11.3 Å². The Morgan fingerprint density at radius 2 is 2.58 bits per heavy atom. The van der Waals surface area contributed by atoms with Crippen LogP contribution in [-0.2, 0) is 4.79 Å². The third-order valence-corrected chi connectivity index (χ3v) is 1.61. The highest BCUT2D eigenvalue weighted by Gasteiger charge is 2.11. The van der Waals surface area contributed by atoms with Crippen molar-refractivity contribution < 1.29 is 4.79 Å². The number of carbonyl (C=O) groups excluding carboxylic acids is 1. The molecular weight excluding hydrogens is 172 g/mol. The Kier molecular flexibility index (Phi) is 2.65. The summed E-state index contributed by atoms with van der Waals surface area (Å²) in [6.07, 6.45) is 0. The van der Waals surface area contributed by atoms with Gasteiger partial charge in [-0.15, -0.1) is 0 Å². The Balaban J connectivity index is 2.93. The average Bonchev–Trinajstić information content (AvgIpc) is 2.17. The van der Waals surface area contributed by atoms with Gasteiger partial charge in [0, 0.05) is 5.41 Å². The zero-order valence-corrected chi connectivity index (χ0v) is 6.89. The molecule has 0 aliphatic carbocycles. The van der Waals surface area contributed by atoms with E-state index in [9.17, 15) is 4.79 Å². The lowest BCUT2D eigenvalue weighted by Gasteiger charge is -1.96. The van der Waals surface area contributed by atoms with Crippen molar-refractivity contribution in [2.24, 2.45) is 4.99 Å². The number of carbonyl (C=O) groups is 1. The van der Waals surface area contributed by atoms with Gasteiger partial charge >= 0.3 is 0 Å². The number of allylic oxidation sites excluding steroid dienone is 1. The SMILES string of the molecule is C=C(C#N)C(=O)C1=C=CSC=N1. The monoisotopic (exact) mass is 176 g/mol. The van der Waals surface area contributed by atoms with Crippen molar-refractivity contribution in [3.63, 3.8) is 0 Å². The summed E-state index contributed by atoms with van der Waals surface area (Å²) in [7, 11) is 0. The van der Waals surface area contributed by atoms with Crippen LogP contribution in [0.3, 0.4) is 0 Å². The van der Waals surface area contributed by atoms with Gasteiger partial charge in [-0.05, 0) is 0 Å². The van der Waals surface area contributed by atoms with E-state index in [0.29, 0.717) is 0 Å². The van der Waals surface area contributed by atoms with Crippen molar-refractivity contribution in [2.75, 3.05) is 0 Å². The third kappa shape index (κ3) is 1.73. The molecule has 0 radical (unpaired) electrons. The van der Waals surface area contributed by atoms with Crippen molar-refractivity contribution in [1.82, 2.24) is 0 Å². The number of nitriles is 1. The van der Waals surface area contributed by atoms with Crippen molar-refractivity contribution in [3.8, 4) is 6.07 Å². The number of hydrogen-bond acceptors (Lipinski definition) is 4. The van der Waals surface area contributed by atoms with E-state index in [4.69, 9.17) is 5.26 Å². The fourth-order valence-corrected chi connectivity index (χ4v) is 0.965. The maximum absolute atomic E-state index is 11.2.